The molecule has 19 rings (SSSR count). The molecule has 12 heterocycles. The maximum atomic E-state index is 13.8. The molecule has 1 saturated carbocycles. The van der Waals surface area contributed by atoms with Crippen LogP contribution in [0.15, 0.2) is 198 Å². The van der Waals surface area contributed by atoms with Gasteiger partial charge in [0, 0.05) is 161 Å². The molecule has 1 aliphatic carbocycles. The Morgan fingerprint density at radius 1 is 0.504 bits per heavy atom. The summed E-state index contributed by atoms with van der Waals surface area (Å²) in [5.41, 5.74) is 13.2. The van der Waals surface area contributed by atoms with Crippen LogP contribution in [0.1, 0.15) is 198 Å². The lowest BCUT2D eigenvalue weighted by molar-refractivity contribution is 0.0919. The predicted octanol–water partition coefficient (Wildman–Crippen LogP) is 18.5. The Hall–Kier alpha value is -14.6. The lowest BCUT2D eigenvalue weighted by atomic mass is 10.1. The number of hydrogen-bond donors (Lipinski definition) is 12. The van der Waals surface area contributed by atoms with E-state index in [0.29, 0.717) is 101 Å². The summed E-state index contributed by atoms with van der Waals surface area (Å²) in [7, 11) is 7.22. The maximum Gasteiger partial charge on any atom is 0.268 e. The van der Waals surface area contributed by atoms with Crippen molar-refractivity contribution in [2.24, 2.45) is 21.1 Å². The largest absolute Gasteiger partial charge is 0.449 e. The van der Waals surface area contributed by atoms with Gasteiger partial charge in [0.1, 0.15) is 58.0 Å². The standard InChI is InChI=1S/C18H19N5O2.C17H17ClN4O.C15H14ClFN4O.C15H15ClN4O.C15H14ClN3O2.C14H13ClN4O2/c1-12(15-10-20-23(11-15)5-6-25-2)21-18(24)17-8-14-7-13(9-19)3-4-16(14)22-17;1-10-13(9-19-22(10)2)17(5-6-17)21-16(23)15-8-11-7-12(18)3-4-14(11)20-15;1-8(10-6-18-21(2)7-10)19-15(22)13-4-9-3-11(16)5-12(17)14(9)20-13;1-9(12-5-6-20(2)19-12)17-15(21)14-8-10-7-11(16)3-4-13(10)18-14;1-8(14-7-21-9(2)18-14)17-15(20)13-6-10-5-11(16)3-4-12(10)19-13;1-7(14-17-8(2)19-21-14)16-13(20)12-6-9-5-10(15)3-4-11(9)18-12/h3-4,7-8,10-12,22H,5-6H2,1-2H3,(H,21,24);3-4,7-9,20H,5-6H2,1-2H3,(H,21,23);3-8,20H,1-2H3,(H,19,22);3-9,18H,1-2H3,(H,17,21);3-8,19H,1-2H3,(H,17,20);3-7,18H,1-2H3,(H,16,20). The van der Waals surface area contributed by atoms with Gasteiger partial charge in [-0.15, -0.1) is 0 Å². The van der Waals surface area contributed by atoms with E-state index in [1.165, 1.54) is 6.07 Å². The van der Waals surface area contributed by atoms with E-state index in [-0.39, 0.29) is 82.4 Å². The molecule has 5 atom stereocenters. The molecule has 6 aromatic carbocycles. The first-order valence-electron chi connectivity index (χ1n) is 41.8. The number of H-pyrrole nitrogens is 6. The summed E-state index contributed by atoms with van der Waals surface area (Å²) in [6.45, 7) is 16.1. The number of carbonyl (C=O) groups excluding carboxylic acids is 6. The molecule has 5 unspecified atom stereocenters. The van der Waals surface area contributed by atoms with Crippen molar-refractivity contribution in [1.82, 2.24) is 116 Å². The quantitative estimate of drug-likeness (QED) is 0.0318. The van der Waals surface area contributed by atoms with Crippen LogP contribution in [0.25, 0.3) is 65.4 Å². The second-order valence-electron chi connectivity index (χ2n) is 31.9. The van der Waals surface area contributed by atoms with Crippen LogP contribution in [-0.4, -0.2) is 133 Å². The number of aromatic nitrogens is 17. The van der Waals surface area contributed by atoms with Crippen LogP contribution in [-0.2, 0) is 38.0 Å². The number of nitrogens with one attached hydrogen (secondary N) is 12. The summed E-state index contributed by atoms with van der Waals surface area (Å²) in [6.07, 6.45) is 14.3. The van der Waals surface area contributed by atoms with Gasteiger partial charge in [-0.25, -0.2) is 9.37 Å². The van der Waals surface area contributed by atoms with E-state index >= 15 is 0 Å². The Morgan fingerprint density at radius 3 is 1.38 bits per heavy atom. The Morgan fingerprint density at radius 2 is 0.947 bits per heavy atom. The number of rotatable bonds is 21. The van der Waals surface area contributed by atoms with E-state index in [9.17, 15) is 33.2 Å². The Balaban J connectivity index is 0.000000128. The van der Waals surface area contributed by atoms with Gasteiger partial charge in [-0.2, -0.15) is 30.6 Å². The second-order valence-corrected chi connectivity index (χ2v) is 34.1. The van der Waals surface area contributed by atoms with Crippen molar-refractivity contribution < 1.29 is 46.8 Å². The van der Waals surface area contributed by atoms with Gasteiger partial charge in [0.15, 0.2) is 11.7 Å². The van der Waals surface area contributed by atoms with E-state index in [0.717, 1.165) is 95.4 Å². The molecule has 39 heteroatoms. The molecule has 6 amide bonds. The number of fused-ring (bicyclic) bond motifs is 6. The number of methoxy groups -OCH3 is 1. The topological polar surface area (TPSA) is 439 Å². The number of carbonyl (C=O) groups is 6. The van der Waals surface area contributed by atoms with Crippen LogP contribution in [0, 0.1) is 37.9 Å². The van der Waals surface area contributed by atoms with Gasteiger partial charge in [-0.3, -0.25) is 47.5 Å². The fraction of sp³-hybridized carbons (Fsp3) is 0.234. The molecule has 1 fully saturated rings. The third kappa shape index (κ3) is 23.4. The molecule has 0 bridgehead atoms. The Kier molecular flexibility index (Phi) is 29.3. The molecule has 684 valence electrons. The SMILES string of the molecule is CC(NC(=O)c1cc2cc(Cl)cc(F)c2[nH]1)c1cnn(C)c1.CC(NC(=O)c1cc2cc(Cl)ccc2[nH]1)c1ccn(C)n1.COCCn1cc(C(C)NC(=O)c2cc3cc(C#N)ccc3[nH]2)cn1.Cc1c(C2(NC(=O)c3cc4cc(Cl)ccc4[nH]3)CC2)cnn1C.Cc1nc(C(C)NC(=O)c2cc3cc(Cl)ccc3[nH]2)co1.Cc1noc(C(C)NC(=O)c2cc3cc(Cl)ccc3[nH]2)n1. The number of amides is 6. The number of ether oxygens (including phenoxy) is 1. The minimum absolute atomic E-state index is 0.0990. The number of nitrogens with zero attached hydrogens (tertiary/aromatic N) is 12. The minimum atomic E-state index is -0.484. The van der Waals surface area contributed by atoms with Crippen molar-refractivity contribution in [3.8, 4) is 6.07 Å². The molecule has 0 radical (unpaired) electrons. The number of hydrogen-bond acceptors (Lipinski definition) is 17. The number of aromatic amines is 6. The molecule has 12 aromatic heterocycles. The van der Waals surface area contributed by atoms with E-state index in [1.807, 2.05) is 146 Å². The molecule has 18 aromatic rings. The number of halogens is 6. The molecule has 1 aliphatic rings. The van der Waals surface area contributed by atoms with Crippen LogP contribution >= 0.6 is 58.0 Å². The van der Waals surface area contributed by atoms with Crippen molar-refractivity contribution in [2.75, 3.05) is 13.7 Å². The van der Waals surface area contributed by atoms with E-state index in [2.05, 4.69) is 103 Å². The van der Waals surface area contributed by atoms with Crippen molar-refractivity contribution in [1.29, 1.82) is 5.26 Å². The highest BCUT2D eigenvalue weighted by atomic mass is 35.5. The minimum Gasteiger partial charge on any atom is -0.449 e. The van der Waals surface area contributed by atoms with Gasteiger partial charge in [-0.05, 0) is 207 Å². The number of oxazole rings is 1. The smallest absolute Gasteiger partial charge is 0.268 e. The van der Waals surface area contributed by atoms with Crippen LogP contribution in [0.4, 0.5) is 4.39 Å². The Labute approximate surface area is 784 Å². The second kappa shape index (κ2) is 41.2. The average Bonchev–Trinajstić information content (AvgIpc) is 1.59. The van der Waals surface area contributed by atoms with Gasteiger partial charge in [-0.1, -0.05) is 63.2 Å². The molecule has 12 N–H and O–H groups in total. The first kappa shape index (κ1) is 94.5. The predicted molar refractivity (Wildman–Crippen MR) is 506 cm³/mol. The highest BCUT2D eigenvalue weighted by Crippen LogP contribution is 2.47. The summed E-state index contributed by atoms with van der Waals surface area (Å²) >= 11 is 29.6. The van der Waals surface area contributed by atoms with Crippen LogP contribution < -0.4 is 31.9 Å². The van der Waals surface area contributed by atoms with Gasteiger partial charge in [0.05, 0.1) is 84.3 Å². The summed E-state index contributed by atoms with van der Waals surface area (Å²) in [6, 6.07) is 43.3. The van der Waals surface area contributed by atoms with E-state index in [1.54, 1.807) is 139 Å². The van der Waals surface area contributed by atoms with Crippen molar-refractivity contribution in [3.05, 3.63) is 311 Å². The third-order valence-corrected chi connectivity index (χ3v) is 23.0. The summed E-state index contributed by atoms with van der Waals surface area (Å²) < 4.78 is 36.0. The van der Waals surface area contributed by atoms with Gasteiger partial charge >= 0.3 is 0 Å². The number of benzene rings is 6. The molecule has 0 saturated heterocycles. The molecule has 33 nitrogen and oxygen atoms in total. The van der Waals surface area contributed by atoms with Crippen LogP contribution in [0.3, 0.4) is 0 Å². The van der Waals surface area contributed by atoms with Crippen molar-refractivity contribution in [2.45, 2.75) is 111 Å². The maximum absolute atomic E-state index is 13.8. The highest BCUT2D eigenvalue weighted by Gasteiger charge is 2.48. The summed E-state index contributed by atoms with van der Waals surface area (Å²) in [4.78, 5) is 101. The monoisotopic (exact) mass is 1890 g/mol. The molecular formula is C94H92Cl5FN24O9. The zero-order valence-corrected chi connectivity index (χ0v) is 77.7. The van der Waals surface area contributed by atoms with Gasteiger partial charge < -0.3 is 75.5 Å². The fourth-order valence-electron chi connectivity index (χ4n) is 14.4. The lowest BCUT2D eigenvalue weighted by Crippen LogP contribution is -2.35. The first-order chi connectivity index (χ1) is 63.6. The zero-order valence-electron chi connectivity index (χ0n) is 73.9. The normalized spacial score (nSPS) is 13.0. The van der Waals surface area contributed by atoms with Crippen molar-refractivity contribution >= 4 is 159 Å². The Bertz CT molecular complexity index is 7020. The summed E-state index contributed by atoms with van der Waals surface area (Å²) in [5, 5.41) is 55.0. The van der Waals surface area contributed by atoms with Gasteiger partial charge in [0.25, 0.3) is 35.4 Å². The van der Waals surface area contributed by atoms with Crippen LogP contribution in [0.2, 0.25) is 25.1 Å². The van der Waals surface area contributed by atoms with Crippen molar-refractivity contribution in [3.63, 3.8) is 0 Å². The lowest BCUT2D eigenvalue weighted by Gasteiger charge is -2.16. The molecule has 0 aliphatic heterocycles. The van der Waals surface area contributed by atoms with Gasteiger partial charge in [0.2, 0.25) is 5.89 Å². The van der Waals surface area contributed by atoms with E-state index < -0.39 is 5.82 Å². The zero-order chi connectivity index (χ0) is 94.8. The third-order valence-electron chi connectivity index (χ3n) is 21.9. The summed E-state index contributed by atoms with van der Waals surface area (Å²) in [5.74, 6) is -0.228. The molecular weight excluding hydrogens is 1810 g/mol. The number of nitriles is 1. The number of aryl methyl sites for hydroxylation is 5. The highest BCUT2D eigenvalue weighted by molar-refractivity contribution is 6.33. The first-order valence-corrected chi connectivity index (χ1v) is 43.7. The van der Waals surface area contributed by atoms with E-state index in [4.69, 9.17) is 76.9 Å². The fourth-order valence-corrected chi connectivity index (χ4v) is 15.3. The molecule has 133 heavy (non-hydrogen) atoms. The van der Waals surface area contributed by atoms with Crippen LogP contribution in [0.5, 0.6) is 0 Å². The average molecular weight is 1900 g/mol. The molecule has 0 spiro atoms.